The number of imidazole rings is 1. The molecule has 0 spiro atoms. The first-order valence-corrected chi connectivity index (χ1v) is 7.04. The quantitative estimate of drug-likeness (QED) is 0.824. The second-order valence-corrected chi connectivity index (χ2v) is 5.39. The minimum Gasteiger partial charge on any atom is -0.454 e. The van der Waals surface area contributed by atoms with Gasteiger partial charge in [0.2, 0.25) is 6.79 Å². The van der Waals surface area contributed by atoms with Crippen molar-refractivity contribution in [2.45, 2.75) is 32.1 Å². The number of rotatable bonds is 2. The Kier molecular flexibility index (Phi) is 2.42. The highest BCUT2D eigenvalue weighted by atomic mass is 16.7. The summed E-state index contributed by atoms with van der Waals surface area (Å²) in [5, 5.41) is 0. The van der Waals surface area contributed by atoms with Crippen LogP contribution in [0.2, 0.25) is 0 Å². The van der Waals surface area contributed by atoms with Gasteiger partial charge < -0.3 is 20.2 Å². The molecule has 1 aromatic heterocycles. The number of aryl methyl sites for hydroxylation is 1. The summed E-state index contributed by atoms with van der Waals surface area (Å²) in [6.07, 6.45) is 3.40. The first-order chi connectivity index (χ1) is 9.76. The van der Waals surface area contributed by atoms with Crippen LogP contribution in [0.15, 0.2) is 12.1 Å². The van der Waals surface area contributed by atoms with Gasteiger partial charge in [-0.1, -0.05) is 6.92 Å². The molecule has 4 rings (SSSR count). The molecule has 2 heterocycles. The van der Waals surface area contributed by atoms with E-state index in [1.54, 1.807) is 0 Å². The summed E-state index contributed by atoms with van der Waals surface area (Å²) in [6, 6.07) is 3.72. The highest BCUT2D eigenvalue weighted by molar-refractivity contribution is 5.76. The Hall–Kier alpha value is -2.17. The normalized spacial score (nSPS) is 19.4. The zero-order valence-electron chi connectivity index (χ0n) is 11.4. The van der Waals surface area contributed by atoms with Gasteiger partial charge in [0, 0.05) is 28.9 Å². The lowest BCUT2D eigenvalue weighted by Crippen LogP contribution is -1.95. The van der Waals surface area contributed by atoms with Crippen LogP contribution < -0.4 is 15.2 Å². The topological polar surface area (TPSA) is 73.2 Å². The van der Waals surface area contributed by atoms with Crippen molar-refractivity contribution in [3.63, 3.8) is 0 Å². The summed E-state index contributed by atoms with van der Waals surface area (Å²) in [7, 11) is 0. The van der Waals surface area contributed by atoms with E-state index in [2.05, 4.69) is 11.9 Å². The molecule has 0 fully saturated rings. The lowest BCUT2D eigenvalue weighted by atomic mass is 10.0. The maximum absolute atomic E-state index is 6.12. The molecule has 5 heteroatoms. The molecule has 3 N–H and O–H groups in total. The largest absolute Gasteiger partial charge is 0.454 e. The third-order valence-corrected chi connectivity index (χ3v) is 4.23. The predicted molar refractivity (Wildman–Crippen MR) is 75.9 cm³/mol. The van der Waals surface area contributed by atoms with E-state index in [0.29, 0.717) is 17.4 Å². The summed E-state index contributed by atoms with van der Waals surface area (Å²) < 4.78 is 10.7. The summed E-state index contributed by atoms with van der Waals surface area (Å²) in [5.74, 6) is 2.85. The molecule has 5 nitrogen and oxygen atoms in total. The van der Waals surface area contributed by atoms with Gasteiger partial charge in [0.05, 0.1) is 5.69 Å². The molecular formula is C15H17N3O2. The summed E-state index contributed by atoms with van der Waals surface area (Å²) in [6.45, 7) is 2.47. The Balaban J connectivity index is 1.79. The molecular weight excluding hydrogens is 254 g/mol. The number of benzene rings is 1. The Morgan fingerprint density at radius 3 is 2.95 bits per heavy atom. The van der Waals surface area contributed by atoms with Crippen LogP contribution in [-0.4, -0.2) is 16.8 Å². The van der Waals surface area contributed by atoms with Crippen LogP contribution >= 0.6 is 0 Å². The lowest BCUT2D eigenvalue weighted by molar-refractivity contribution is 0.174. The van der Waals surface area contributed by atoms with Crippen molar-refractivity contribution in [1.82, 2.24) is 9.97 Å². The zero-order valence-corrected chi connectivity index (χ0v) is 11.4. The molecule has 1 unspecified atom stereocenters. The number of aromatic nitrogens is 2. The second-order valence-electron chi connectivity index (χ2n) is 5.39. The van der Waals surface area contributed by atoms with Crippen LogP contribution in [0.5, 0.6) is 11.5 Å². The van der Waals surface area contributed by atoms with Crippen LogP contribution in [0.3, 0.4) is 0 Å². The number of nitrogens with one attached hydrogen (secondary N) is 1. The molecule has 20 heavy (non-hydrogen) atoms. The SMILES string of the molecule is CCC1CCc2[nH]c(-c3cc4c(cc3N)OCO4)nc21. The number of nitrogens with zero attached hydrogens (tertiary/aromatic N) is 1. The molecule has 0 radical (unpaired) electrons. The van der Waals surface area contributed by atoms with Gasteiger partial charge >= 0.3 is 0 Å². The molecule has 1 atom stereocenters. The molecule has 1 aliphatic carbocycles. The Labute approximate surface area is 117 Å². The number of aromatic amines is 1. The average molecular weight is 271 g/mol. The van der Waals surface area contributed by atoms with Crippen molar-refractivity contribution >= 4 is 5.69 Å². The minimum atomic E-state index is 0.255. The molecule has 2 aliphatic rings. The van der Waals surface area contributed by atoms with Gasteiger partial charge in [-0.15, -0.1) is 0 Å². The Bertz CT molecular complexity index is 678. The van der Waals surface area contributed by atoms with E-state index in [9.17, 15) is 0 Å². The number of fused-ring (bicyclic) bond motifs is 2. The summed E-state index contributed by atoms with van der Waals surface area (Å²) in [4.78, 5) is 8.19. The van der Waals surface area contributed by atoms with E-state index >= 15 is 0 Å². The number of ether oxygens (including phenoxy) is 2. The van der Waals surface area contributed by atoms with Crippen molar-refractivity contribution in [3.05, 3.63) is 23.5 Å². The molecule has 0 bridgehead atoms. The second kappa shape index (κ2) is 4.16. The van der Waals surface area contributed by atoms with Crippen molar-refractivity contribution in [2.24, 2.45) is 0 Å². The third kappa shape index (κ3) is 1.59. The van der Waals surface area contributed by atoms with Crippen LogP contribution in [0.25, 0.3) is 11.4 Å². The first-order valence-electron chi connectivity index (χ1n) is 7.04. The van der Waals surface area contributed by atoms with Gasteiger partial charge in [-0.3, -0.25) is 0 Å². The number of H-pyrrole nitrogens is 1. The van der Waals surface area contributed by atoms with E-state index in [4.69, 9.17) is 20.2 Å². The molecule has 0 saturated heterocycles. The molecule has 104 valence electrons. The van der Waals surface area contributed by atoms with E-state index in [1.165, 1.54) is 17.8 Å². The third-order valence-electron chi connectivity index (χ3n) is 4.23. The van der Waals surface area contributed by atoms with Gasteiger partial charge in [0.15, 0.2) is 11.5 Å². The van der Waals surface area contributed by atoms with Gasteiger partial charge in [0.1, 0.15) is 5.82 Å². The van der Waals surface area contributed by atoms with E-state index in [0.717, 1.165) is 30.0 Å². The van der Waals surface area contributed by atoms with Gasteiger partial charge in [0.25, 0.3) is 0 Å². The van der Waals surface area contributed by atoms with Crippen LogP contribution in [0.1, 0.15) is 37.1 Å². The smallest absolute Gasteiger partial charge is 0.231 e. The molecule has 0 amide bonds. The van der Waals surface area contributed by atoms with Gasteiger partial charge in [-0.05, 0) is 25.3 Å². The average Bonchev–Trinajstić information content (AvgIpc) is 3.10. The fraction of sp³-hybridized carbons (Fsp3) is 0.400. The van der Waals surface area contributed by atoms with E-state index in [-0.39, 0.29) is 6.79 Å². The predicted octanol–water partition coefficient (Wildman–Crippen LogP) is 2.83. The molecule has 0 saturated carbocycles. The van der Waals surface area contributed by atoms with Crippen molar-refractivity contribution in [3.8, 4) is 22.9 Å². The Morgan fingerprint density at radius 2 is 2.15 bits per heavy atom. The highest BCUT2D eigenvalue weighted by Gasteiger charge is 2.26. The number of anilines is 1. The molecule has 1 aromatic carbocycles. The van der Waals surface area contributed by atoms with E-state index < -0.39 is 0 Å². The number of hydrogen-bond donors (Lipinski definition) is 2. The van der Waals surface area contributed by atoms with Crippen molar-refractivity contribution < 1.29 is 9.47 Å². The number of nitrogens with two attached hydrogens (primary N) is 1. The maximum atomic E-state index is 6.12. The van der Waals surface area contributed by atoms with Crippen molar-refractivity contribution in [2.75, 3.05) is 12.5 Å². The number of nitrogen functional groups attached to an aromatic ring is 1. The van der Waals surface area contributed by atoms with Crippen molar-refractivity contribution in [1.29, 1.82) is 0 Å². The standard InChI is InChI=1S/C15H17N3O2/c1-2-8-3-4-11-14(8)18-15(17-11)9-5-12-13(6-10(9)16)20-7-19-12/h5-6,8H,2-4,7,16H2,1H3,(H,17,18). The van der Waals surface area contributed by atoms with Gasteiger partial charge in [-0.2, -0.15) is 0 Å². The molecule has 2 aromatic rings. The summed E-state index contributed by atoms with van der Waals surface area (Å²) >= 11 is 0. The first kappa shape index (κ1) is 11.6. The van der Waals surface area contributed by atoms with Crippen LogP contribution in [0.4, 0.5) is 5.69 Å². The lowest BCUT2D eigenvalue weighted by Gasteiger charge is -2.06. The monoisotopic (exact) mass is 271 g/mol. The highest BCUT2D eigenvalue weighted by Crippen LogP contribution is 2.41. The van der Waals surface area contributed by atoms with Crippen LogP contribution in [-0.2, 0) is 6.42 Å². The summed E-state index contributed by atoms with van der Waals surface area (Å²) in [5.41, 5.74) is 10.1. The van der Waals surface area contributed by atoms with Gasteiger partial charge in [-0.25, -0.2) is 4.98 Å². The fourth-order valence-electron chi connectivity index (χ4n) is 3.09. The number of hydrogen-bond acceptors (Lipinski definition) is 4. The molecule has 1 aliphatic heterocycles. The fourth-order valence-corrected chi connectivity index (χ4v) is 3.09. The van der Waals surface area contributed by atoms with E-state index in [1.807, 2.05) is 12.1 Å². The minimum absolute atomic E-state index is 0.255. The van der Waals surface area contributed by atoms with Crippen LogP contribution in [0, 0.1) is 0 Å². The maximum Gasteiger partial charge on any atom is 0.231 e. The zero-order chi connectivity index (χ0) is 13.7. The Morgan fingerprint density at radius 1 is 1.35 bits per heavy atom.